The van der Waals surface area contributed by atoms with Gasteiger partial charge in [-0.25, -0.2) is 18.6 Å². The first-order valence-electron chi connectivity index (χ1n) is 6.60. The van der Waals surface area contributed by atoms with Crippen molar-refractivity contribution in [2.24, 2.45) is 0 Å². The van der Waals surface area contributed by atoms with Crippen molar-refractivity contribution in [1.29, 1.82) is 0 Å². The Hall–Kier alpha value is -2.70. The van der Waals surface area contributed by atoms with Crippen molar-refractivity contribution in [3.05, 3.63) is 48.2 Å². The standard InChI is InChI=1S/C15H15F2N3O2/c1-9(2)19-15(21)20-14-6-4-11(8-18-14)22-10-3-5-12(16)13(17)7-10/h3-9H,1-2H3,(H2,18,19,20,21). The number of pyridine rings is 1. The van der Waals surface area contributed by atoms with Crippen molar-refractivity contribution in [2.45, 2.75) is 19.9 Å². The summed E-state index contributed by atoms with van der Waals surface area (Å²) in [5.74, 6) is -1.11. The third-order valence-electron chi connectivity index (χ3n) is 2.52. The van der Waals surface area contributed by atoms with Gasteiger partial charge in [0.25, 0.3) is 0 Å². The van der Waals surface area contributed by atoms with Gasteiger partial charge >= 0.3 is 6.03 Å². The van der Waals surface area contributed by atoms with Gasteiger partial charge in [0.2, 0.25) is 0 Å². The summed E-state index contributed by atoms with van der Waals surface area (Å²) >= 11 is 0. The zero-order valence-electron chi connectivity index (χ0n) is 12.1. The smallest absolute Gasteiger partial charge is 0.320 e. The van der Waals surface area contributed by atoms with Crippen molar-refractivity contribution in [1.82, 2.24) is 10.3 Å². The molecule has 22 heavy (non-hydrogen) atoms. The Morgan fingerprint density at radius 2 is 1.86 bits per heavy atom. The molecule has 0 spiro atoms. The van der Waals surface area contributed by atoms with Gasteiger partial charge in [0, 0.05) is 12.1 Å². The number of carbonyl (C=O) groups excluding carboxylic acids is 1. The molecule has 7 heteroatoms. The van der Waals surface area contributed by atoms with Crippen molar-refractivity contribution in [3.63, 3.8) is 0 Å². The normalized spacial score (nSPS) is 10.4. The van der Waals surface area contributed by atoms with Crippen LogP contribution in [0.15, 0.2) is 36.5 Å². The van der Waals surface area contributed by atoms with E-state index in [4.69, 9.17) is 4.74 Å². The molecule has 0 saturated heterocycles. The van der Waals surface area contributed by atoms with Crippen molar-refractivity contribution in [2.75, 3.05) is 5.32 Å². The fourth-order valence-corrected chi connectivity index (χ4v) is 1.61. The molecule has 1 aromatic heterocycles. The van der Waals surface area contributed by atoms with Gasteiger partial charge in [0.05, 0.1) is 6.20 Å². The van der Waals surface area contributed by atoms with Gasteiger partial charge in [0.15, 0.2) is 11.6 Å². The number of nitrogens with zero attached hydrogens (tertiary/aromatic N) is 1. The molecule has 0 aliphatic rings. The minimum Gasteiger partial charge on any atom is -0.456 e. The SMILES string of the molecule is CC(C)NC(=O)Nc1ccc(Oc2ccc(F)c(F)c2)cn1. The van der Waals surface area contributed by atoms with Crippen LogP contribution in [-0.4, -0.2) is 17.1 Å². The highest BCUT2D eigenvalue weighted by molar-refractivity contribution is 5.88. The molecule has 0 bridgehead atoms. The summed E-state index contributed by atoms with van der Waals surface area (Å²) in [5, 5.41) is 5.21. The lowest BCUT2D eigenvalue weighted by molar-refractivity contribution is 0.250. The number of carbonyl (C=O) groups is 1. The molecule has 0 atom stereocenters. The zero-order valence-corrected chi connectivity index (χ0v) is 12.1. The van der Waals surface area contributed by atoms with Crippen molar-refractivity contribution in [3.8, 4) is 11.5 Å². The van der Waals surface area contributed by atoms with Crippen LogP contribution in [0.3, 0.4) is 0 Å². The van der Waals surface area contributed by atoms with Gasteiger partial charge in [-0.05, 0) is 38.1 Å². The summed E-state index contributed by atoms with van der Waals surface area (Å²) in [6.07, 6.45) is 1.37. The van der Waals surface area contributed by atoms with Gasteiger partial charge in [-0.15, -0.1) is 0 Å². The van der Waals surface area contributed by atoms with Crippen LogP contribution in [0.1, 0.15) is 13.8 Å². The lowest BCUT2D eigenvalue weighted by atomic mass is 10.3. The Morgan fingerprint density at radius 3 is 2.45 bits per heavy atom. The number of urea groups is 1. The molecular formula is C15H15F2N3O2. The molecule has 5 nitrogen and oxygen atoms in total. The van der Waals surface area contributed by atoms with E-state index in [-0.39, 0.29) is 17.8 Å². The number of ether oxygens (including phenoxy) is 1. The second kappa shape index (κ2) is 6.84. The highest BCUT2D eigenvalue weighted by atomic mass is 19.2. The fourth-order valence-electron chi connectivity index (χ4n) is 1.61. The van der Waals surface area contributed by atoms with Crippen molar-refractivity contribution < 1.29 is 18.3 Å². The molecule has 2 amide bonds. The summed E-state index contributed by atoms with van der Waals surface area (Å²) < 4.78 is 31.2. The van der Waals surface area contributed by atoms with E-state index in [0.29, 0.717) is 11.6 Å². The first-order chi connectivity index (χ1) is 10.4. The topological polar surface area (TPSA) is 63.2 Å². The lowest BCUT2D eigenvalue weighted by Gasteiger charge is -2.10. The maximum atomic E-state index is 13.1. The Morgan fingerprint density at radius 1 is 1.14 bits per heavy atom. The summed E-state index contributed by atoms with van der Waals surface area (Å²) in [4.78, 5) is 15.5. The largest absolute Gasteiger partial charge is 0.456 e. The third-order valence-corrected chi connectivity index (χ3v) is 2.52. The first kappa shape index (κ1) is 15.7. The van der Waals surface area contributed by atoms with Crippen LogP contribution in [0.4, 0.5) is 19.4 Å². The van der Waals surface area contributed by atoms with Crippen LogP contribution in [0, 0.1) is 11.6 Å². The molecule has 2 aromatic rings. The van der Waals surface area contributed by atoms with Gasteiger partial charge in [-0.2, -0.15) is 0 Å². The number of hydrogen-bond donors (Lipinski definition) is 2. The molecule has 0 fully saturated rings. The highest BCUT2D eigenvalue weighted by Gasteiger charge is 2.06. The van der Waals surface area contributed by atoms with Gasteiger partial charge < -0.3 is 10.1 Å². The Balaban J connectivity index is 1.99. The predicted molar refractivity (Wildman–Crippen MR) is 78.0 cm³/mol. The molecule has 2 rings (SSSR count). The number of rotatable bonds is 4. The molecular weight excluding hydrogens is 292 g/mol. The van der Waals surface area contributed by atoms with E-state index >= 15 is 0 Å². The van der Waals surface area contributed by atoms with Crippen LogP contribution in [0.2, 0.25) is 0 Å². The first-order valence-corrected chi connectivity index (χ1v) is 6.60. The zero-order chi connectivity index (χ0) is 16.1. The monoisotopic (exact) mass is 307 g/mol. The van der Waals surface area contributed by atoms with Gasteiger partial charge in [-0.1, -0.05) is 0 Å². The highest BCUT2D eigenvalue weighted by Crippen LogP contribution is 2.23. The van der Waals surface area contributed by atoms with E-state index in [0.717, 1.165) is 12.1 Å². The number of aromatic nitrogens is 1. The molecule has 1 heterocycles. The maximum absolute atomic E-state index is 13.1. The van der Waals surface area contributed by atoms with Crippen LogP contribution < -0.4 is 15.4 Å². The average molecular weight is 307 g/mol. The number of nitrogens with one attached hydrogen (secondary N) is 2. The summed E-state index contributed by atoms with van der Waals surface area (Å²) in [7, 11) is 0. The van der Waals surface area contributed by atoms with Crippen LogP contribution >= 0.6 is 0 Å². The molecule has 2 N–H and O–H groups in total. The number of anilines is 1. The maximum Gasteiger partial charge on any atom is 0.320 e. The lowest BCUT2D eigenvalue weighted by Crippen LogP contribution is -2.34. The summed E-state index contributed by atoms with van der Waals surface area (Å²) in [6, 6.07) is 5.96. The van der Waals surface area contributed by atoms with Crippen molar-refractivity contribution >= 4 is 11.8 Å². The quantitative estimate of drug-likeness (QED) is 0.905. The van der Waals surface area contributed by atoms with E-state index < -0.39 is 11.6 Å². The van der Waals surface area contributed by atoms with E-state index in [2.05, 4.69) is 15.6 Å². The molecule has 116 valence electrons. The summed E-state index contributed by atoms with van der Waals surface area (Å²) in [6.45, 7) is 3.68. The number of halogens is 2. The average Bonchev–Trinajstić information content (AvgIpc) is 2.44. The fraction of sp³-hybridized carbons (Fsp3) is 0.200. The molecule has 0 radical (unpaired) electrons. The molecule has 0 aliphatic heterocycles. The van der Waals surface area contributed by atoms with Crippen LogP contribution in [0.5, 0.6) is 11.5 Å². The minimum absolute atomic E-state index is 0.0102. The summed E-state index contributed by atoms with van der Waals surface area (Å²) in [5.41, 5.74) is 0. The second-order valence-electron chi connectivity index (χ2n) is 4.81. The Kier molecular flexibility index (Phi) is 4.88. The number of amides is 2. The molecule has 1 aromatic carbocycles. The third kappa shape index (κ3) is 4.41. The van der Waals surface area contributed by atoms with Gasteiger partial charge in [-0.3, -0.25) is 5.32 Å². The van der Waals surface area contributed by atoms with Gasteiger partial charge in [0.1, 0.15) is 17.3 Å². The predicted octanol–water partition coefficient (Wildman–Crippen LogP) is 3.68. The van der Waals surface area contributed by atoms with Crippen LogP contribution in [-0.2, 0) is 0 Å². The second-order valence-corrected chi connectivity index (χ2v) is 4.81. The number of benzene rings is 1. The van der Waals surface area contributed by atoms with Crippen LogP contribution in [0.25, 0.3) is 0 Å². The molecule has 0 saturated carbocycles. The number of hydrogen-bond acceptors (Lipinski definition) is 3. The minimum atomic E-state index is -0.992. The molecule has 0 unspecified atom stereocenters. The van der Waals surface area contributed by atoms with E-state index in [1.807, 2.05) is 13.8 Å². The Labute approximate surface area is 126 Å². The van der Waals surface area contributed by atoms with E-state index in [9.17, 15) is 13.6 Å². The Bertz CT molecular complexity index is 660. The van der Waals surface area contributed by atoms with E-state index in [1.54, 1.807) is 6.07 Å². The molecule has 0 aliphatic carbocycles. The van der Waals surface area contributed by atoms with E-state index in [1.165, 1.54) is 18.3 Å².